The number of aromatic nitrogens is 2. The number of benzene rings is 1. The number of nitrogens with zero attached hydrogens (tertiary/aromatic N) is 3. The highest BCUT2D eigenvalue weighted by molar-refractivity contribution is 5.97. The van der Waals surface area contributed by atoms with Crippen LogP contribution in [0.2, 0.25) is 0 Å². The highest BCUT2D eigenvalue weighted by atomic mass is 19.3. The van der Waals surface area contributed by atoms with Gasteiger partial charge < -0.3 is 20.4 Å². The van der Waals surface area contributed by atoms with Gasteiger partial charge in [0.2, 0.25) is 11.2 Å². The lowest BCUT2D eigenvalue weighted by Crippen LogP contribution is -2.60. The van der Waals surface area contributed by atoms with E-state index in [2.05, 4.69) is 10.3 Å². The second-order valence-electron chi connectivity index (χ2n) is 12.7. The molecule has 8 rings (SSSR count). The number of carbonyl (C=O) groups excluding carboxylic acids is 1. The van der Waals surface area contributed by atoms with Crippen molar-refractivity contribution in [2.24, 2.45) is 17.8 Å². The molecule has 1 aromatic carbocycles. The summed E-state index contributed by atoms with van der Waals surface area (Å²) in [5, 5.41) is 22.5. The van der Waals surface area contributed by atoms with Gasteiger partial charge in [0.15, 0.2) is 5.65 Å². The molecule has 0 spiro atoms. The van der Waals surface area contributed by atoms with Crippen molar-refractivity contribution in [3.63, 3.8) is 0 Å². The standard InChI is InChI=1S/C30H30F4N4O4/c31-19-1-3-23(22(32)10-19)38-14-21(27(40)36-28-11-16-7-17(12-28)9-18(8-16)13-28)25(39)20-2-4-24(35-26(20)38)37-6-5-30(41,42)29(33,34)15-37/h1-4,10,14,16-18,41-42H,5-9,11-13,15H2,(H,36,40). The molecule has 12 heteroatoms. The van der Waals surface area contributed by atoms with E-state index in [1.54, 1.807) is 0 Å². The minimum absolute atomic E-state index is 0.0147. The van der Waals surface area contributed by atoms with Crippen LogP contribution < -0.4 is 15.6 Å². The van der Waals surface area contributed by atoms with Crippen LogP contribution in [-0.2, 0) is 0 Å². The number of carbonyl (C=O) groups is 1. The lowest BCUT2D eigenvalue weighted by atomic mass is 9.53. The van der Waals surface area contributed by atoms with Crippen LogP contribution in [-0.4, -0.2) is 56.0 Å². The molecule has 8 nitrogen and oxygen atoms in total. The van der Waals surface area contributed by atoms with Crippen LogP contribution >= 0.6 is 0 Å². The lowest BCUT2D eigenvalue weighted by molar-refractivity contribution is -0.300. The van der Waals surface area contributed by atoms with E-state index in [-0.39, 0.29) is 34.6 Å². The number of pyridine rings is 2. The molecule has 1 saturated heterocycles. The zero-order chi connectivity index (χ0) is 29.6. The maximum Gasteiger partial charge on any atom is 0.317 e. The zero-order valence-corrected chi connectivity index (χ0v) is 22.6. The first-order valence-corrected chi connectivity index (χ1v) is 14.2. The number of hydrogen-bond acceptors (Lipinski definition) is 6. The highest BCUT2D eigenvalue weighted by Crippen LogP contribution is 2.55. The van der Waals surface area contributed by atoms with Crippen molar-refractivity contribution in [1.82, 2.24) is 14.9 Å². The molecule has 222 valence electrons. The Morgan fingerprint density at radius 3 is 2.29 bits per heavy atom. The molecule has 5 aliphatic rings. The predicted molar refractivity (Wildman–Crippen MR) is 145 cm³/mol. The van der Waals surface area contributed by atoms with Crippen molar-refractivity contribution in [3.8, 4) is 5.69 Å². The van der Waals surface area contributed by atoms with Crippen LogP contribution in [0.3, 0.4) is 0 Å². The summed E-state index contributed by atoms with van der Waals surface area (Å²) in [7, 11) is 0. The van der Waals surface area contributed by atoms with Crippen LogP contribution in [0.25, 0.3) is 16.7 Å². The molecule has 42 heavy (non-hydrogen) atoms. The molecule has 1 aliphatic heterocycles. The second-order valence-corrected chi connectivity index (χ2v) is 12.7. The first-order valence-electron chi connectivity index (χ1n) is 14.2. The fourth-order valence-electron chi connectivity index (χ4n) is 8.08. The summed E-state index contributed by atoms with van der Waals surface area (Å²) in [4.78, 5) is 32.9. The Labute approximate surface area is 238 Å². The molecule has 2 aromatic heterocycles. The van der Waals surface area contributed by atoms with Gasteiger partial charge in [-0.2, -0.15) is 8.78 Å². The van der Waals surface area contributed by atoms with Gasteiger partial charge in [-0.25, -0.2) is 13.8 Å². The van der Waals surface area contributed by atoms with Gasteiger partial charge in [-0.1, -0.05) is 0 Å². The molecule has 0 unspecified atom stereocenters. The highest BCUT2D eigenvalue weighted by Gasteiger charge is 2.56. The average Bonchev–Trinajstić information content (AvgIpc) is 2.89. The van der Waals surface area contributed by atoms with E-state index >= 15 is 4.39 Å². The molecule has 0 atom stereocenters. The number of piperidine rings is 1. The summed E-state index contributed by atoms with van der Waals surface area (Å²) >= 11 is 0. The van der Waals surface area contributed by atoms with Gasteiger partial charge in [0, 0.05) is 30.8 Å². The summed E-state index contributed by atoms with van der Waals surface area (Å²) in [5.74, 6) is -7.82. The van der Waals surface area contributed by atoms with Gasteiger partial charge in [-0.3, -0.25) is 14.2 Å². The van der Waals surface area contributed by atoms with E-state index in [1.165, 1.54) is 18.3 Å². The summed E-state index contributed by atoms with van der Waals surface area (Å²) in [6.07, 6.45) is 6.56. The minimum atomic E-state index is -3.87. The van der Waals surface area contributed by atoms with Crippen molar-refractivity contribution in [2.45, 2.75) is 62.2 Å². The topological polar surface area (TPSA) is 108 Å². The van der Waals surface area contributed by atoms with E-state index in [0.29, 0.717) is 23.8 Å². The largest absolute Gasteiger partial charge is 0.361 e. The number of aliphatic hydroxyl groups is 2. The van der Waals surface area contributed by atoms with E-state index in [9.17, 15) is 33.0 Å². The SMILES string of the molecule is O=C(NC12CC3CC(CC(C3)C1)C2)c1cn(-c2ccc(F)cc2F)c2nc(N3CCC(O)(O)C(F)(F)C3)ccc2c1=O. The van der Waals surface area contributed by atoms with Gasteiger partial charge in [-0.15, -0.1) is 0 Å². The van der Waals surface area contributed by atoms with Crippen LogP contribution in [0.15, 0.2) is 41.3 Å². The summed E-state index contributed by atoms with van der Waals surface area (Å²) in [6.45, 7) is -1.24. The predicted octanol–water partition coefficient (Wildman–Crippen LogP) is 3.89. The number of alkyl halides is 2. The Morgan fingerprint density at radius 1 is 1.00 bits per heavy atom. The first kappa shape index (κ1) is 27.3. The lowest BCUT2D eigenvalue weighted by Gasteiger charge is -2.56. The molecular weight excluding hydrogens is 556 g/mol. The molecule has 0 radical (unpaired) electrons. The number of rotatable bonds is 4. The van der Waals surface area contributed by atoms with Crippen LogP contribution in [0.1, 0.15) is 55.3 Å². The molecule has 4 aliphatic carbocycles. The Bertz CT molecular complexity index is 1640. The fourth-order valence-corrected chi connectivity index (χ4v) is 8.08. The monoisotopic (exact) mass is 586 g/mol. The van der Waals surface area contributed by atoms with Gasteiger partial charge in [-0.05, 0) is 80.5 Å². The molecule has 3 aromatic rings. The third-order valence-corrected chi connectivity index (χ3v) is 9.70. The van der Waals surface area contributed by atoms with Gasteiger partial charge in [0.1, 0.15) is 23.0 Å². The quantitative estimate of drug-likeness (QED) is 0.317. The van der Waals surface area contributed by atoms with Crippen molar-refractivity contribution < 1.29 is 32.6 Å². The Hall–Kier alpha value is -3.51. The van der Waals surface area contributed by atoms with E-state index in [1.807, 2.05) is 0 Å². The number of nitrogens with one attached hydrogen (secondary N) is 1. The van der Waals surface area contributed by atoms with Crippen molar-refractivity contribution in [2.75, 3.05) is 18.0 Å². The third kappa shape index (κ3) is 4.38. The summed E-state index contributed by atoms with van der Waals surface area (Å²) in [5.41, 5.74) is -1.59. The third-order valence-electron chi connectivity index (χ3n) is 9.70. The Balaban J connectivity index is 1.32. The number of halogens is 4. The first-order chi connectivity index (χ1) is 19.8. The number of hydrogen-bond donors (Lipinski definition) is 3. The molecular formula is C30H30F4N4O4. The minimum Gasteiger partial charge on any atom is -0.361 e. The van der Waals surface area contributed by atoms with Crippen molar-refractivity contribution >= 4 is 22.8 Å². The van der Waals surface area contributed by atoms with Gasteiger partial charge >= 0.3 is 5.92 Å². The molecule has 3 N–H and O–H groups in total. The molecule has 1 amide bonds. The number of amides is 1. The van der Waals surface area contributed by atoms with Crippen molar-refractivity contribution in [3.05, 3.63) is 63.9 Å². The van der Waals surface area contributed by atoms with Gasteiger partial charge in [0.05, 0.1) is 17.6 Å². The maximum atomic E-state index is 15.1. The van der Waals surface area contributed by atoms with Gasteiger partial charge in [0.25, 0.3) is 5.91 Å². The maximum absolute atomic E-state index is 15.1. The molecule has 4 saturated carbocycles. The molecule has 4 bridgehead atoms. The van der Waals surface area contributed by atoms with Crippen molar-refractivity contribution in [1.29, 1.82) is 0 Å². The van der Waals surface area contributed by atoms with E-state index in [0.717, 1.165) is 60.1 Å². The average molecular weight is 587 g/mol. The molecule has 3 heterocycles. The van der Waals surface area contributed by atoms with Crippen LogP contribution in [0.5, 0.6) is 0 Å². The Kier molecular flexibility index (Phi) is 6.01. The smallest absolute Gasteiger partial charge is 0.317 e. The molecule has 5 fully saturated rings. The van der Waals surface area contributed by atoms with Crippen LogP contribution in [0.4, 0.5) is 23.4 Å². The number of anilines is 1. The fraction of sp³-hybridized carbons (Fsp3) is 0.500. The van der Waals surface area contributed by atoms with E-state index < -0.39 is 53.2 Å². The second kappa shape index (κ2) is 9.24. The Morgan fingerprint density at radius 2 is 1.67 bits per heavy atom. The van der Waals surface area contributed by atoms with Crippen LogP contribution in [0, 0.1) is 29.4 Å². The number of fused-ring (bicyclic) bond motifs is 1. The zero-order valence-electron chi connectivity index (χ0n) is 22.6. The summed E-state index contributed by atoms with van der Waals surface area (Å²) < 4.78 is 58.9. The van der Waals surface area contributed by atoms with E-state index in [4.69, 9.17) is 0 Å². The summed E-state index contributed by atoms with van der Waals surface area (Å²) in [6, 6.07) is 5.48. The normalized spacial score (nSPS) is 29.2.